The Morgan fingerprint density at radius 1 is 1.59 bits per heavy atom. The number of rotatable bonds is 4. The van der Waals surface area contributed by atoms with Crippen LogP contribution in [0.3, 0.4) is 0 Å². The molecule has 0 aromatic rings. The first kappa shape index (κ1) is 13.7. The molecule has 100 valence electrons. The maximum atomic E-state index is 6.07. The second-order valence-corrected chi connectivity index (χ2v) is 6.68. The van der Waals surface area contributed by atoms with Crippen molar-refractivity contribution < 1.29 is 4.74 Å². The zero-order valence-electron chi connectivity index (χ0n) is 11.2. The molecule has 2 aliphatic heterocycles. The van der Waals surface area contributed by atoms with Gasteiger partial charge in [-0.15, -0.1) is 0 Å². The molecule has 2 saturated heterocycles. The van der Waals surface area contributed by atoms with Crippen LogP contribution >= 0.6 is 11.8 Å². The number of thioether (sulfide) groups is 1. The van der Waals surface area contributed by atoms with Gasteiger partial charge >= 0.3 is 0 Å². The average molecular weight is 258 g/mol. The summed E-state index contributed by atoms with van der Waals surface area (Å²) in [6.07, 6.45) is 4.73. The van der Waals surface area contributed by atoms with E-state index in [2.05, 4.69) is 18.9 Å². The Kier molecular flexibility index (Phi) is 4.75. The Hall–Kier alpha value is 0.230. The lowest BCUT2D eigenvalue weighted by Gasteiger charge is -2.43. The largest absolute Gasteiger partial charge is 0.374 e. The van der Waals surface area contributed by atoms with E-state index in [0.717, 1.165) is 19.6 Å². The van der Waals surface area contributed by atoms with Crippen molar-refractivity contribution in [2.75, 3.05) is 31.7 Å². The van der Waals surface area contributed by atoms with Gasteiger partial charge in [0.15, 0.2) is 0 Å². The van der Waals surface area contributed by atoms with Crippen molar-refractivity contribution in [3.8, 4) is 0 Å². The topological polar surface area (TPSA) is 38.5 Å². The molecule has 2 N–H and O–H groups in total. The number of nitrogens with two attached hydrogens (primary N) is 1. The minimum Gasteiger partial charge on any atom is -0.374 e. The van der Waals surface area contributed by atoms with Crippen LogP contribution < -0.4 is 5.73 Å². The van der Waals surface area contributed by atoms with Gasteiger partial charge in [0.05, 0.1) is 5.60 Å². The van der Waals surface area contributed by atoms with Crippen molar-refractivity contribution in [1.29, 1.82) is 0 Å². The standard InChI is InChI=1S/C13H26N2OS/c1-11(3-6-14)15(2)12-4-7-16-13(9-12)5-8-17-10-13/h11-12H,3-10,14H2,1-2H3. The number of ether oxygens (including phenoxy) is 1. The van der Waals surface area contributed by atoms with E-state index >= 15 is 0 Å². The maximum Gasteiger partial charge on any atom is 0.0795 e. The lowest BCUT2D eigenvalue weighted by molar-refractivity contribution is -0.0906. The third-order valence-electron chi connectivity index (χ3n) is 4.39. The van der Waals surface area contributed by atoms with Gasteiger partial charge in [-0.05, 0) is 52.0 Å². The van der Waals surface area contributed by atoms with Crippen LogP contribution in [0.1, 0.15) is 32.6 Å². The third-order valence-corrected chi connectivity index (χ3v) is 5.61. The zero-order chi connectivity index (χ0) is 12.3. The van der Waals surface area contributed by atoms with Crippen molar-refractivity contribution in [2.45, 2.75) is 50.3 Å². The number of nitrogens with zero attached hydrogens (tertiary/aromatic N) is 1. The highest BCUT2D eigenvalue weighted by Crippen LogP contribution is 2.39. The molecule has 2 rings (SSSR count). The van der Waals surface area contributed by atoms with Crippen LogP contribution in [-0.4, -0.2) is 54.3 Å². The van der Waals surface area contributed by atoms with Crippen LogP contribution in [0.5, 0.6) is 0 Å². The molecule has 2 aliphatic rings. The summed E-state index contributed by atoms with van der Waals surface area (Å²) in [6, 6.07) is 1.28. The smallest absolute Gasteiger partial charge is 0.0795 e. The van der Waals surface area contributed by atoms with E-state index in [1.54, 1.807) is 0 Å². The SMILES string of the molecule is CC(CCN)N(C)C1CCOC2(CCSC2)C1. The highest BCUT2D eigenvalue weighted by atomic mass is 32.2. The van der Waals surface area contributed by atoms with Crippen molar-refractivity contribution in [1.82, 2.24) is 4.90 Å². The molecule has 0 saturated carbocycles. The van der Waals surface area contributed by atoms with Crippen LogP contribution in [0.15, 0.2) is 0 Å². The molecular weight excluding hydrogens is 232 g/mol. The molecule has 0 aromatic heterocycles. The van der Waals surface area contributed by atoms with Crippen LogP contribution in [0, 0.1) is 0 Å². The van der Waals surface area contributed by atoms with Gasteiger partial charge in [0.2, 0.25) is 0 Å². The van der Waals surface area contributed by atoms with E-state index in [1.165, 1.54) is 30.8 Å². The fourth-order valence-corrected chi connectivity index (χ4v) is 4.40. The van der Waals surface area contributed by atoms with Gasteiger partial charge in [-0.25, -0.2) is 0 Å². The highest BCUT2D eigenvalue weighted by Gasteiger charge is 2.41. The van der Waals surface area contributed by atoms with E-state index in [4.69, 9.17) is 10.5 Å². The molecule has 0 amide bonds. The van der Waals surface area contributed by atoms with Crippen LogP contribution in [0.25, 0.3) is 0 Å². The maximum absolute atomic E-state index is 6.07. The highest BCUT2D eigenvalue weighted by molar-refractivity contribution is 7.99. The Balaban J connectivity index is 1.92. The summed E-state index contributed by atoms with van der Waals surface area (Å²) in [5, 5.41) is 0. The summed E-state index contributed by atoms with van der Waals surface area (Å²) in [6.45, 7) is 4.01. The molecular formula is C13H26N2OS. The number of hydrogen-bond acceptors (Lipinski definition) is 4. The summed E-state index contributed by atoms with van der Waals surface area (Å²) in [4.78, 5) is 2.53. The molecule has 4 heteroatoms. The molecule has 1 spiro atoms. The van der Waals surface area contributed by atoms with Gasteiger partial charge in [0.25, 0.3) is 0 Å². The van der Waals surface area contributed by atoms with Crippen LogP contribution in [-0.2, 0) is 4.74 Å². The molecule has 0 aliphatic carbocycles. The monoisotopic (exact) mass is 258 g/mol. The summed E-state index contributed by atoms with van der Waals surface area (Å²) in [5.74, 6) is 2.47. The first-order valence-electron chi connectivity index (χ1n) is 6.80. The lowest BCUT2D eigenvalue weighted by atomic mass is 9.88. The summed E-state index contributed by atoms with van der Waals surface area (Å²) in [7, 11) is 2.26. The average Bonchev–Trinajstić information content (AvgIpc) is 2.76. The van der Waals surface area contributed by atoms with Gasteiger partial charge in [0.1, 0.15) is 0 Å². The van der Waals surface area contributed by atoms with E-state index in [1.807, 2.05) is 11.8 Å². The molecule has 0 aromatic carbocycles. The summed E-state index contributed by atoms with van der Waals surface area (Å²) in [5.41, 5.74) is 5.86. The molecule has 0 bridgehead atoms. The Morgan fingerprint density at radius 2 is 2.41 bits per heavy atom. The van der Waals surface area contributed by atoms with E-state index in [-0.39, 0.29) is 5.60 Å². The molecule has 17 heavy (non-hydrogen) atoms. The van der Waals surface area contributed by atoms with Gasteiger partial charge < -0.3 is 15.4 Å². The zero-order valence-corrected chi connectivity index (χ0v) is 12.0. The van der Waals surface area contributed by atoms with Gasteiger partial charge in [-0.1, -0.05) is 0 Å². The minimum atomic E-state index is 0.199. The third kappa shape index (κ3) is 3.16. The number of hydrogen-bond donors (Lipinski definition) is 1. The minimum absolute atomic E-state index is 0.199. The van der Waals surface area contributed by atoms with Crippen LogP contribution in [0.4, 0.5) is 0 Å². The van der Waals surface area contributed by atoms with Crippen molar-refractivity contribution >= 4 is 11.8 Å². The van der Waals surface area contributed by atoms with Crippen molar-refractivity contribution in [3.63, 3.8) is 0 Å². The predicted octanol–water partition coefficient (Wildman–Crippen LogP) is 1.71. The van der Waals surface area contributed by atoms with Crippen molar-refractivity contribution in [3.05, 3.63) is 0 Å². The summed E-state index contributed by atoms with van der Waals surface area (Å²) >= 11 is 2.05. The van der Waals surface area contributed by atoms with Crippen LogP contribution in [0.2, 0.25) is 0 Å². The quantitative estimate of drug-likeness (QED) is 0.833. The molecule has 2 fully saturated rings. The normalized spacial score (nSPS) is 35.6. The lowest BCUT2D eigenvalue weighted by Crippen LogP contribution is -2.50. The van der Waals surface area contributed by atoms with E-state index in [9.17, 15) is 0 Å². The van der Waals surface area contributed by atoms with Crippen molar-refractivity contribution in [2.24, 2.45) is 5.73 Å². The fourth-order valence-electron chi connectivity index (χ4n) is 3.02. The second-order valence-electron chi connectivity index (χ2n) is 5.57. The Bertz CT molecular complexity index is 244. The van der Waals surface area contributed by atoms with Gasteiger partial charge in [-0.2, -0.15) is 11.8 Å². The fraction of sp³-hybridized carbons (Fsp3) is 1.00. The van der Waals surface area contributed by atoms with E-state index < -0.39 is 0 Å². The molecule has 3 unspecified atom stereocenters. The Labute approximate surface area is 109 Å². The van der Waals surface area contributed by atoms with Gasteiger partial charge in [-0.3, -0.25) is 0 Å². The Morgan fingerprint density at radius 3 is 3.06 bits per heavy atom. The van der Waals surface area contributed by atoms with Gasteiger partial charge in [0, 0.05) is 24.4 Å². The molecule has 0 radical (unpaired) electrons. The first-order chi connectivity index (χ1) is 8.17. The predicted molar refractivity (Wildman–Crippen MR) is 74.5 cm³/mol. The second kappa shape index (κ2) is 5.91. The first-order valence-corrected chi connectivity index (χ1v) is 7.96. The summed E-state index contributed by atoms with van der Waals surface area (Å²) < 4.78 is 6.07. The molecule has 2 heterocycles. The van der Waals surface area contributed by atoms with E-state index in [0.29, 0.717) is 12.1 Å². The molecule has 3 nitrogen and oxygen atoms in total. The molecule has 3 atom stereocenters.